The summed E-state index contributed by atoms with van der Waals surface area (Å²) in [7, 11) is 0. The highest BCUT2D eigenvalue weighted by Gasteiger charge is 2.20. The molecule has 1 aliphatic heterocycles. The molecule has 2 rings (SSSR count). The van der Waals surface area contributed by atoms with E-state index >= 15 is 0 Å². The van der Waals surface area contributed by atoms with E-state index in [1.807, 2.05) is 0 Å². The van der Waals surface area contributed by atoms with Gasteiger partial charge in [-0.15, -0.1) is 0 Å². The van der Waals surface area contributed by atoms with E-state index in [4.69, 9.17) is 11.6 Å². The van der Waals surface area contributed by atoms with Crippen LogP contribution in [0, 0.1) is 10.1 Å². The molecule has 0 bridgehead atoms. The molecule has 0 aliphatic carbocycles. The van der Waals surface area contributed by atoms with Crippen LogP contribution in [0.2, 0.25) is 5.02 Å². The second-order valence-corrected chi connectivity index (χ2v) is 5.06. The lowest BCUT2D eigenvalue weighted by atomic mass is 10.1. The van der Waals surface area contributed by atoms with Crippen LogP contribution >= 0.6 is 11.6 Å². The summed E-state index contributed by atoms with van der Waals surface area (Å²) in [6.07, 6.45) is 0. The second kappa shape index (κ2) is 5.65. The smallest absolute Gasteiger partial charge is 0.275 e. The first-order valence-electron chi connectivity index (χ1n) is 5.95. The van der Waals surface area contributed by atoms with Crippen molar-refractivity contribution in [2.45, 2.75) is 19.5 Å². The van der Waals surface area contributed by atoms with E-state index in [9.17, 15) is 10.1 Å². The zero-order valence-electron chi connectivity index (χ0n) is 10.2. The molecule has 18 heavy (non-hydrogen) atoms. The molecular weight excluding hydrogens is 254 g/mol. The molecule has 1 aromatic rings. The number of rotatable bonds is 3. The van der Waals surface area contributed by atoms with Gasteiger partial charge in [0.15, 0.2) is 0 Å². The number of nitro groups is 1. The third kappa shape index (κ3) is 3.19. The summed E-state index contributed by atoms with van der Waals surface area (Å²) in [6.45, 7) is 5.44. The summed E-state index contributed by atoms with van der Waals surface area (Å²) in [4.78, 5) is 12.8. The Labute approximate surface area is 111 Å². The molecule has 0 radical (unpaired) electrons. The van der Waals surface area contributed by atoms with Crippen molar-refractivity contribution in [3.8, 4) is 0 Å². The summed E-state index contributed by atoms with van der Waals surface area (Å²) < 4.78 is 0. The van der Waals surface area contributed by atoms with Crippen molar-refractivity contribution in [3.05, 3.63) is 38.9 Å². The van der Waals surface area contributed by atoms with E-state index in [1.54, 1.807) is 12.1 Å². The summed E-state index contributed by atoms with van der Waals surface area (Å²) in [5.41, 5.74) is 0.826. The molecule has 0 amide bonds. The highest BCUT2D eigenvalue weighted by atomic mass is 35.5. The zero-order chi connectivity index (χ0) is 13.1. The quantitative estimate of drug-likeness (QED) is 0.674. The number of nitrogens with one attached hydrogen (secondary N) is 1. The molecule has 1 aliphatic rings. The number of hydrogen-bond acceptors (Lipinski definition) is 4. The van der Waals surface area contributed by atoms with Crippen LogP contribution in [-0.4, -0.2) is 35.5 Å². The van der Waals surface area contributed by atoms with E-state index in [2.05, 4.69) is 17.1 Å². The molecule has 1 N–H and O–H groups in total. The summed E-state index contributed by atoms with van der Waals surface area (Å²) in [5.74, 6) is 0. The molecule has 1 aromatic carbocycles. The Bertz CT molecular complexity index is 453. The first kappa shape index (κ1) is 13.3. The van der Waals surface area contributed by atoms with Gasteiger partial charge in [-0.2, -0.15) is 0 Å². The Morgan fingerprint density at radius 1 is 1.61 bits per heavy atom. The van der Waals surface area contributed by atoms with Crippen molar-refractivity contribution < 1.29 is 4.92 Å². The number of benzene rings is 1. The SMILES string of the molecule is C[C@H]1CN(Cc2ccc(Cl)cc2[N+](=O)[O-])CCN1. The third-order valence-corrected chi connectivity index (χ3v) is 3.33. The van der Waals surface area contributed by atoms with E-state index < -0.39 is 0 Å². The molecule has 0 aromatic heterocycles. The Hall–Kier alpha value is -1.17. The molecule has 6 heteroatoms. The van der Waals surface area contributed by atoms with E-state index in [1.165, 1.54) is 6.07 Å². The molecule has 1 saturated heterocycles. The molecule has 98 valence electrons. The zero-order valence-corrected chi connectivity index (χ0v) is 11.0. The van der Waals surface area contributed by atoms with Crippen molar-refractivity contribution in [2.24, 2.45) is 0 Å². The second-order valence-electron chi connectivity index (χ2n) is 4.62. The predicted octanol–water partition coefficient (Wildman–Crippen LogP) is 2.04. The Kier molecular flexibility index (Phi) is 4.16. The Balaban J connectivity index is 2.15. The molecule has 0 saturated carbocycles. The summed E-state index contributed by atoms with van der Waals surface area (Å²) in [5, 5.41) is 14.7. The number of halogens is 1. The average molecular weight is 270 g/mol. The van der Waals surface area contributed by atoms with Crippen LogP contribution in [0.25, 0.3) is 0 Å². The lowest BCUT2D eigenvalue weighted by Gasteiger charge is -2.31. The first-order valence-corrected chi connectivity index (χ1v) is 6.32. The monoisotopic (exact) mass is 269 g/mol. The lowest BCUT2D eigenvalue weighted by molar-refractivity contribution is -0.385. The van der Waals surface area contributed by atoms with E-state index in [0.29, 0.717) is 17.6 Å². The molecule has 5 nitrogen and oxygen atoms in total. The van der Waals surface area contributed by atoms with Gasteiger partial charge in [0.1, 0.15) is 0 Å². The Morgan fingerprint density at radius 2 is 2.39 bits per heavy atom. The van der Waals surface area contributed by atoms with Crippen molar-refractivity contribution in [3.63, 3.8) is 0 Å². The van der Waals surface area contributed by atoms with Gasteiger partial charge in [0.25, 0.3) is 5.69 Å². The predicted molar refractivity (Wildman–Crippen MR) is 70.8 cm³/mol. The maximum absolute atomic E-state index is 11.0. The maximum Gasteiger partial charge on any atom is 0.275 e. The number of hydrogen-bond donors (Lipinski definition) is 1. The standard InChI is InChI=1S/C12H16ClN3O2/c1-9-7-15(5-4-14-9)8-10-2-3-11(13)6-12(10)16(17)18/h2-3,6,9,14H,4-5,7-8H2,1H3/t9-/m0/s1. The number of piperazine rings is 1. The van der Waals surface area contributed by atoms with Crippen LogP contribution in [-0.2, 0) is 6.54 Å². The highest BCUT2D eigenvalue weighted by molar-refractivity contribution is 6.30. The van der Waals surface area contributed by atoms with Crippen LogP contribution in [0.5, 0.6) is 0 Å². The van der Waals surface area contributed by atoms with Crippen molar-refractivity contribution in [1.82, 2.24) is 10.2 Å². The highest BCUT2D eigenvalue weighted by Crippen LogP contribution is 2.24. The van der Waals surface area contributed by atoms with Gasteiger partial charge in [-0.05, 0) is 19.1 Å². The fourth-order valence-electron chi connectivity index (χ4n) is 2.24. The summed E-state index contributed by atoms with van der Waals surface area (Å²) >= 11 is 5.80. The molecule has 1 atom stereocenters. The fraction of sp³-hybridized carbons (Fsp3) is 0.500. The fourth-order valence-corrected chi connectivity index (χ4v) is 2.40. The van der Waals surface area contributed by atoms with Crippen LogP contribution in [0.3, 0.4) is 0 Å². The first-order chi connectivity index (χ1) is 8.56. The van der Waals surface area contributed by atoms with Gasteiger partial charge < -0.3 is 5.32 Å². The van der Waals surface area contributed by atoms with Gasteiger partial charge in [-0.25, -0.2) is 0 Å². The normalized spacial score (nSPS) is 20.9. The van der Waals surface area contributed by atoms with Gasteiger partial charge in [0, 0.05) is 48.9 Å². The van der Waals surface area contributed by atoms with Gasteiger partial charge in [-0.3, -0.25) is 15.0 Å². The summed E-state index contributed by atoms with van der Waals surface area (Å²) in [6, 6.07) is 5.29. The Morgan fingerprint density at radius 3 is 3.06 bits per heavy atom. The maximum atomic E-state index is 11.0. The van der Waals surface area contributed by atoms with Crippen molar-refractivity contribution in [1.29, 1.82) is 0 Å². The van der Waals surface area contributed by atoms with Gasteiger partial charge in [-0.1, -0.05) is 11.6 Å². The minimum atomic E-state index is -0.368. The molecule has 0 unspecified atom stereocenters. The van der Waals surface area contributed by atoms with Crippen molar-refractivity contribution >= 4 is 17.3 Å². The molecular formula is C12H16ClN3O2. The van der Waals surface area contributed by atoms with Crippen LogP contribution in [0.15, 0.2) is 18.2 Å². The molecule has 1 fully saturated rings. The third-order valence-electron chi connectivity index (χ3n) is 3.09. The van der Waals surface area contributed by atoms with Gasteiger partial charge in [0.2, 0.25) is 0 Å². The lowest BCUT2D eigenvalue weighted by Crippen LogP contribution is -2.48. The minimum absolute atomic E-state index is 0.105. The molecule has 1 heterocycles. The van der Waals surface area contributed by atoms with E-state index in [0.717, 1.165) is 25.2 Å². The van der Waals surface area contributed by atoms with Crippen LogP contribution in [0.4, 0.5) is 5.69 Å². The van der Waals surface area contributed by atoms with Gasteiger partial charge >= 0.3 is 0 Å². The largest absolute Gasteiger partial charge is 0.312 e. The van der Waals surface area contributed by atoms with Crippen LogP contribution in [0.1, 0.15) is 12.5 Å². The van der Waals surface area contributed by atoms with Crippen molar-refractivity contribution in [2.75, 3.05) is 19.6 Å². The number of nitro benzene ring substituents is 1. The van der Waals surface area contributed by atoms with E-state index in [-0.39, 0.29) is 10.6 Å². The van der Waals surface area contributed by atoms with Gasteiger partial charge in [0.05, 0.1) is 4.92 Å². The number of nitrogens with zero attached hydrogens (tertiary/aromatic N) is 2. The average Bonchev–Trinajstić information content (AvgIpc) is 2.31. The minimum Gasteiger partial charge on any atom is -0.312 e. The topological polar surface area (TPSA) is 58.4 Å². The molecule has 0 spiro atoms. The van der Waals surface area contributed by atoms with Crippen LogP contribution < -0.4 is 5.32 Å².